The molecule has 3 unspecified atom stereocenters. The Bertz CT molecular complexity index is 575. The standard InChI is InChI=1S/C15H20N2O/c1-4-17-9(2)14-13(15(18)10(17)3)11-7-5-6-8-12(11)16-14/h5-10,15-16,18H,4H2,1-3H3. The van der Waals surface area contributed by atoms with E-state index in [4.69, 9.17) is 0 Å². The largest absolute Gasteiger partial charge is 0.387 e. The monoisotopic (exact) mass is 244 g/mol. The molecule has 0 fully saturated rings. The topological polar surface area (TPSA) is 39.3 Å². The van der Waals surface area contributed by atoms with Gasteiger partial charge in [-0.05, 0) is 26.5 Å². The minimum absolute atomic E-state index is 0.164. The van der Waals surface area contributed by atoms with Gasteiger partial charge in [-0.15, -0.1) is 0 Å². The highest BCUT2D eigenvalue weighted by Crippen LogP contribution is 2.41. The molecule has 1 aromatic carbocycles. The van der Waals surface area contributed by atoms with Gasteiger partial charge in [0.05, 0.1) is 6.10 Å². The Kier molecular flexibility index (Phi) is 2.68. The molecule has 3 nitrogen and oxygen atoms in total. The van der Waals surface area contributed by atoms with Gasteiger partial charge in [-0.25, -0.2) is 0 Å². The van der Waals surface area contributed by atoms with Crippen LogP contribution in [0.2, 0.25) is 0 Å². The fourth-order valence-electron chi connectivity index (χ4n) is 3.34. The van der Waals surface area contributed by atoms with Crippen molar-refractivity contribution in [1.29, 1.82) is 0 Å². The van der Waals surface area contributed by atoms with Gasteiger partial charge in [-0.1, -0.05) is 25.1 Å². The summed E-state index contributed by atoms with van der Waals surface area (Å²) in [5.41, 5.74) is 3.39. The third-order valence-electron chi connectivity index (χ3n) is 4.33. The Balaban J connectivity index is 2.25. The molecule has 1 aliphatic heterocycles. The van der Waals surface area contributed by atoms with Gasteiger partial charge >= 0.3 is 0 Å². The smallest absolute Gasteiger partial charge is 0.0966 e. The van der Waals surface area contributed by atoms with Gasteiger partial charge in [-0.2, -0.15) is 0 Å². The Hall–Kier alpha value is -1.32. The molecule has 0 amide bonds. The minimum atomic E-state index is -0.410. The maximum Gasteiger partial charge on any atom is 0.0966 e. The summed E-state index contributed by atoms with van der Waals surface area (Å²) in [7, 11) is 0. The van der Waals surface area contributed by atoms with E-state index in [1.165, 1.54) is 5.69 Å². The zero-order valence-corrected chi connectivity index (χ0v) is 11.1. The fourth-order valence-corrected chi connectivity index (χ4v) is 3.34. The SMILES string of the molecule is CCN1C(C)c2[nH]c3ccccc3c2C(O)C1C. The first-order chi connectivity index (χ1) is 8.65. The first-order valence-corrected chi connectivity index (χ1v) is 6.69. The molecule has 0 saturated carbocycles. The molecule has 0 radical (unpaired) electrons. The summed E-state index contributed by atoms with van der Waals surface area (Å²) < 4.78 is 0. The number of likely N-dealkylation sites (N-methyl/N-ethyl adjacent to an activating group) is 1. The number of fused-ring (bicyclic) bond motifs is 3. The Morgan fingerprint density at radius 2 is 2.00 bits per heavy atom. The number of rotatable bonds is 1. The van der Waals surface area contributed by atoms with Crippen molar-refractivity contribution in [3.05, 3.63) is 35.5 Å². The maximum absolute atomic E-state index is 10.6. The van der Waals surface area contributed by atoms with Gasteiger partial charge in [0.15, 0.2) is 0 Å². The molecular weight excluding hydrogens is 224 g/mol. The number of H-pyrrole nitrogens is 1. The third kappa shape index (κ3) is 1.44. The molecule has 96 valence electrons. The molecule has 2 heterocycles. The second-order valence-corrected chi connectivity index (χ2v) is 5.19. The predicted octanol–water partition coefficient (Wildman–Crippen LogP) is 2.99. The molecule has 3 atom stereocenters. The number of nitrogens with one attached hydrogen (secondary N) is 1. The summed E-state index contributed by atoms with van der Waals surface area (Å²) in [6.07, 6.45) is -0.410. The number of hydrogen-bond acceptors (Lipinski definition) is 2. The van der Waals surface area contributed by atoms with Crippen LogP contribution in [-0.2, 0) is 0 Å². The van der Waals surface area contributed by atoms with E-state index in [9.17, 15) is 5.11 Å². The van der Waals surface area contributed by atoms with Crippen LogP contribution in [0, 0.1) is 0 Å². The van der Waals surface area contributed by atoms with E-state index < -0.39 is 6.10 Å². The Labute approximate surface area is 107 Å². The molecule has 1 aliphatic rings. The normalized spacial score (nSPS) is 28.6. The van der Waals surface area contributed by atoms with Crippen molar-refractivity contribution in [2.75, 3.05) is 6.54 Å². The first kappa shape index (κ1) is 11.8. The first-order valence-electron chi connectivity index (χ1n) is 6.69. The lowest BCUT2D eigenvalue weighted by molar-refractivity contribution is 0.0210. The molecule has 0 bridgehead atoms. The number of aromatic amines is 1. The van der Waals surface area contributed by atoms with Crippen molar-refractivity contribution in [3.63, 3.8) is 0 Å². The fraction of sp³-hybridized carbons (Fsp3) is 0.467. The molecule has 1 aromatic heterocycles. The average Bonchev–Trinajstić information content (AvgIpc) is 2.76. The number of nitrogens with zero attached hydrogens (tertiary/aromatic N) is 1. The number of para-hydroxylation sites is 1. The van der Waals surface area contributed by atoms with Crippen LogP contribution in [0.3, 0.4) is 0 Å². The van der Waals surface area contributed by atoms with E-state index in [1.807, 2.05) is 12.1 Å². The number of hydrogen-bond donors (Lipinski definition) is 2. The molecular formula is C15H20N2O. The summed E-state index contributed by atoms with van der Waals surface area (Å²) in [6, 6.07) is 8.73. The quantitative estimate of drug-likeness (QED) is 0.809. The molecule has 2 aromatic rings. The van der Waals surface area contributed by atoms with Crippen LogP contribution in [0.1, 0.15) is 44.2 Å². The maximum atomic E-state index is 10.6. The van der Waals surface area contributed by atoms with E-state index in [0.29, 0.717) is 6.04 Å². The van der Waals surface area contributed by atoms with Crippen LogP contribution >= 0.6 is 0 Å². The predicted molar refractivity (Wildman–Crippen MR) is 73.5 cm³/mol. The molecule has 3 rings (SSSR count). The molecule has 3 heteroatoms. The molecule has 0 aliphatic carbocycles. The van der Waals surface area contributed by atoms with E-state index in [2.05, 4.69) is 42.8 Å². The average molecular weight is 244 g/mol. The van der Waals surface area contributed by atoms with Gasteiger partial charge in [-0.3, -0.25) is 4.90 Å². The van der Waals surface area contributed by atoms with Crippen LogP contribution in [0.5, 0.6) is 0 Å². The molecule has 0 saturated heterocycles. The van der Waals surface area contributed by atoms with E-state index in [-0.39, 0.29) is 6.04 Å². The summed E-state index contributed by atoms with van der Waals surface area (Å²) in [4.78, 5) is 5.82. The van der Waals surface area contributed by atoms with Crippen LogP contribution in [0.25, 0.3) is 10.9 Å². The zero-order chi connectivity index (χ0) is 12.9. The third-order valence-corrected chi connectivity index (χ3v) is 4.33. The Morgan fingerprint density at radius 1 is 1.28 bits per heavy atom. The van der Waals surface area contributed by atoms with Crippen molar-refractivity contribution < 1.29 is 5.11 Å². The van der Waals surface area contributed by atoms with Crippen molar-refractivity contribution in [1.82, 2.24) is 9.88 Å². The van der Waals surface area contributed by atoms with Crippen molar-refractivity contribution in [2.45, 2.75) is 39.0 Å². The zero-order valence-electron chi connectivity index (χ0n) is 11.1. The second kappa shape index (κ2) is 4.11. The van der Waals surface area contributed by atoms with Gasteiger partial charge < -0.3 is 10.1 Å². The molecule has 18 heavy (non-hydrogen) atoms. The number of aliphatic hydroxyl groups is 1. The van der Waals surface area contributed by atoms with Crippen LogP contribution < -0.4 is 0 Å². The Morgan fingerprint density at radius 3 is 2.72 bits per heavy atom. The van der Waals surface area contributed by atoms with Gasteiger partial charge in [0.1, 0.15) is 0 Å². The second-order valence-electron chi connectivity index (χ2n) is 5.19. The highest BCUT2D eigenvalue weighted by atomic mass is 16.3. The molecule has 0 spiro atoms. The highest BCUT2D eigenvalue weighted by molar-refractivity contribution is 5.85. The summed E-state index contributed by atoms with van der Waals surface area (Å²) >= 11 is 0. The van der Waals surface area contributed by atoms with Gasteiger partial charge in [0.25, 0.3) is 0 Å². The van der Waals surface area contributed by atoms with E-state index in [1.54, 1.807) is 0 Å². The minimum Gasteiger partial charge on any atom is -0.387 e. The summed E-state index contributed by atoms with van der Waals surface area (Å²) in [5, 5.41) is 11.7. The summed E-state index contributed by atoms with van der Waals surface area (Å²) in [6.45, 7) is 7.41. The van der Waals surface area contributed by atoms with Crippen molar-refractivity contribution in [2.24, 2.45) is 0 Å². The number of aliphatic hydroxyl groups excluding tert-OH is 1. The van der Waals surface area contributed by atoms with Gasteiger partial charge in [0, 0.05) is 34.2 Å². The lowest BCUT2D eigenvalue weighted by Crippen LogP contribution is -2.43. The van der Waals surface area contributed by atoms with Crippen LogP contribution in [0.15, 0.2) is 24.3 Å². The lowest BCUT2D eigenvalue weighted by Gasteiger charge is -2.41. The highest BCUT2D eigenvalue weighted by Gasteiger charge is 2.37. The van der Waals surface area contributed by atoms with Crippen molar-refractivity contribution >= 4 is 10.9 Å². The lowest BCUT2D eigenvalue weighted by atomic mass is 9.90. The van der Waals surface area contributed by atoms with Crippen LogP contribution in [0.4, 0.5) is 0 Å². The molecule has 2 N–H and O–H groups in total. The van der Waals surface area contributed by atoms with Gasteiger partial charge in [0.2, 0.25) is 0 Å². The van der Waals surface area contributed by atoms with Crippen LogP contribution in [-0.4, -0.2) is 27.6 Å². The van der Waals surface area contributed by atoms with Crippen molar-refractivity contribution in [3.8, 4) is 0 Å². The number of aromatic nitrogens is 1. The number of benzene rings is 1. The van der Waals surface area contributed by atoms with E-state index in [0.717, 1.165) is 23.0 Å². The summed E-state index contributed by atoms with van der Waals surface area (Å²) in [5.74, 6) is 0. The van der Waals surface area contributed by atoms with E-state index >= 15 is 0 Å².